The Hall–Kier alpha value is -2.51. The normalized spacial score (nSPS) is 9.41. The van der Waals surface area contributed by atoms with Gasteiger partial charge >= 0.3 is 0 Å². The molecule has 0 saturated carbocycles. The summed E-state index contributed by atoms with van der Waals surface area (Å²) in [6.07, 6.45) is 0. The van der Waals surface area contributed by atoms with E-state index in [4.69, 9.17) is 11.1 Å². The molecule has 0 fully saturated rings. The summed E-state index contributed by atoms with van der Waals surface area (Å²) in [5, 5.41) is 5.30. The minimum atomic E-state index is 1.31. The van der Waals surface area contributed by atoms with Gasteiger partial charge in [0.2, 0.25) is 0 Å². The molecule has 17 heavy (non-hydrogen) atoms. The average Bonchev–Trinajstić information content (AvgIpc) is 2.40. The molecule has 0 atom stereocenters. The van der Waals surface area contributed by atoms with Crippen LogP contribution in [0.1, 0.15) is 0 Å². The van der Waals surface area contributed by atoms with E-state index in [1.807, 2.05) is 0 Å². The molecule has 0 aliphatic heterocycles. The summed E-state index contributed by atoms with van der Waals surface area (Å²) in [5.41, 5.74) is 13.5. The van der Waals surface area contributed by atoms with Gasteiger partial charge in [-0.25, -0.2) is 0 Å². The van der Waals surface area contributed by atoms with Crippen molar-refractivity contribution < 1.29 is 0 Å². The molecule has 0 amide bonds. The summed E-state index contributed by atoms with van der Waals surface area (Å²) >= 11 is 0. The summed E-state index contributed by atoms with van der Waals surface area (Å²) in [6, 6.07) is 21.4. The molecule has 3 aromatic rings. The van der Waals surface area contributed by atoms with Crippen LogP contribution in [0.25, 0.3) is 37.5 Å². The van der Waals surface area contributed by atoms with Crippen molar-refractivity contribution in [3.05, 3.63) is 76.6 Å². The molecule has 0 radical (unpaired) electrons. The Morgan fingerprint density at radius 2 is 0.941 bits per heavy atom. The van der Waals surface area contributed by atoms with Gasteiger partial charge in [0, 0.05) is 0 Å². The maximum atomic E-state index is 6.75. The van der Waals surface area contributed by atoms with Crippen molar-refractivity contribution in [3.8, 4) is 0 Å². The fourth-order valence-corrected chi connectivity index (χ4v) is 1.95. The van der Waals surface area contributed by atoms with Gasteiger partial charge in [0.1, 0.15) is 0 Å². The lowest BCUT2D eigenvalue weighted by Gasteiger charge is -2.02. The predicted octanol–water partition coefficient (Wildman–Crippen LogP) is 4.86. The molecule has 0 aliphatic carbocycles. The van der Waals surface area contributed by atoms with E-state index in [9.17, 15) is 0 Å². The smallest absolute Gasteiger partial charge is 0.0105 e. The Balaban J connectivity index is 0.000000329. The zero-order valence-electron chi connectivity index (χ0n) is 9.12. The molecule has 3 heteroatoms. The third-order valence-corrected chi connectivity index (χ3v) is 2.65. The second-order valence-corrected chi connectivity index (χ2v) is 3.60. The topological polar surface area (TPSA) is 58.7 Å². The molecular formula is C14H10N3-. The van der Waals surface area contributed by atoms with Crippen molar-refractivity contribution in [1.82, 2.24) is 0 Å². The van der Waals surface area contributed by atoms with Gasteiger partial charge in [0.05, 0.1) is 0 Å². The highest BCUT2D eigenvalue weighted by Crippen LogP contribution is 2.24. The van der Waals surface area contributed by atoms with Gasteiger partial charge in [-0.3, -0.25) is 4.91 Å². The van der Waals surface area contributed by atoms with E-state index in [2.05, 4.69) is 60.7 Å². The molecule has 0 N–H and O–H groups in total. The highest BCUT2D eigenvalue weighted by Gasteiger charge is 1.97. The van der Waals surface area contributed by atoms with Crippen molar-refractivity contribution in [2.24, 2.45) is 0 Å². The second-order valence-electron chi connectivity index (χ2n) is 3.60. The largest absolute Gasteiger partial charge is 0.373 e. The summed E-state index contributed by atoms with van der Waals surface area (Å²) in [4.78, 5) is 1.50. The van der Waals surface area contributed by atoms with Gasteiger partial charge in [-0.05, 0) is 21.5 Å². The molecule has 3 aromatic carbocycles. The zero-order chi connectivity index (χ0) is 12.1. The summed E-state index contributed by atoms with van der Waals surface area (Å²) < 4.78 is 0. The first kappa shape index (κ1) is 11.0. The number of hydrogen-bond acceptors (Lipinski definition) is 0. The van der Waals surface area contributed by atoms with E-state index in [1.165, 1.54) is 26.5 Å². The van der Waals surface area contributed by atoms with Crippen LogP contribution in [-0.4, -0.2) is 0 Å². The number of benzene rings is 3. The first-order valence-corrected chi connectivity index (χ1v) is 5.22. The average molecular weight is 220 g/mol. The van der Waals surface area contributed by atoms with Crippen molar-refractivity contribution in [1.29, 1.82) is 0 Å². The molecule has 3 nitrogen and oxygen atoms in total. The molecule has 82 valence electrons. The lowest BCUT2D eigenvalue weighted by molar-refractivity contribution is 1.76. The lowest BCUT2D eigenvalue weighted by atomic mass is 10.0. The van der Waals surface area contributed by atoms with Gasteiger partial charge in [0.25, 0.3) is 0 Å². The van der Waals surface area contributed by atoms with Crippen LogP contribution < -0.4 is 0 Å². The first-order valence-electron chi connectivity index (χ1n) is 5.22. The Labute approximate surface area is 98.7 Å². The van der Waals surface area contributed by atoms with Gasteiger partial charge in [-0.2, -0.15) is 0 Å². The van der Waals surface area contributed by atoms with Crippen molar-refractivity contribution in [2.75, 3.05) is 0 Å². The lowest BCUT2D eigenvalue weighted by Crippen LogP contribution is -1.75. The maximum absolute atomic E-state index is 6.75. The maximum Gasteiger partial charge on any atom is -0.0105 e. The number of fused-ring (bicyclic) bond motifs is 3. The van der Waals surface area contributed by atoms with E-state index < -0.39 is 0 Å². The fourth-order valence-electron chi connectivity index (χ4n) is 1.95. The van der Waals surface area contributed by atoms with E-state index in [-0.39, 0.29) is 0 Å². The molecule has 0 aliphatic rings. The predicted molar refractivity (Wildman–Crippen MR) is 71.5 cm³/mol. The molecule has 0 bridgehead atoms. The fraction of sp³-hybridized carbons (Fsp3) is 0. The molecular weight excluding hydrogens is 210 g/mol. The summed E-state index contributed by atoms with van der Waals surface area (Å²) in [7, 11) is 0. The Bertz CT molecular complexity index is 628. The standard InChI is InChI=1S/C14H10.N3/c1-3-7-13-11(5-1)9-10-12-6-2-4-8-14(12)13;1-3-2/h1-10H;/q;-1. The number of nitrogens with zero attached hydrogens (tertiary/aromatic N) is 3. The second kappa shape index (κ2) is 5.01. The van der Waals surface area contributed by atoms with Crippen LogP contribution in [0.5, 0.6) is 0 Å². The SMILES string of the molecule is [N-]=[N+]=[N-].c1ccc2c(c1)ccc1ccccc12. The van der Waals surface area contributed by atoms with Crippen LogP contribution in [0.3, 0.4) is 0 Å². The van der Waals surface area contributed by atoms with Crippen molar-refractivity contribution >= 4 is 21.5 Å². The monoisotopic (exact) mass is 220 g/mol. The number of hydrogen-bond donors (Lipinski definition) is 0. The number of rotatable bonds is 0. The van der Waals surface area contributed by atoms with Gasteiger partial charge in [0.15, 0.2) is 0 Å². The minimum absolute atomic E-state index is 1.31. The van der Waals surface area contributed by atoms with E-state index in [0.29, 0.717) is 0 Å². The quantitative estimate of drug-likeness (QED) is 0.225. The van der Waals surface area contributed by atoms with Crippen LogP contribution in [0.2, 0.25) is 0 Å². The van der Waals surface area contributed by atoms with Crippen LogP contribution in [0.15, 0.2) is 60.7 Å². The Morgan fingerprint density at radius 3 is 1.35 bits per heavy atom. The minimum Gasteiger partial charge on any atom is -0.373 e. The van der Waals surface area contributed by atoms with Gasteiger partial charge in [-0.1, -0.05) is 60.7 Å². The Morgan fingerprint density at radius 1 is 0.588 bits per heavy atom. The third kappa shape index (κ3) is 2.19. The van der Waals surface area contributed by atoms with Crippen LogP contribution in [0, 0.1) is 0 Å². The summed E-state index contributed by atoms with van der Waals surface area (Å²) in [6.45, 7) is 0. The van der Waals surface area contributed by atoms with Crippen LogP contribution in [0.4, 0.5) is 0 Å². The van der Waals surface area contributed by atoms with E-state index in [1.54, 1.807) is 0 Å². The van der Waals surface area contributed by atoms with Crippen LogP contribution in [-0.2, 0) is 0 Å². The van der Waals surface area contributed by atoms with Crippen molar-refractivity contribution in [3.63, 3.8) is 0 Å². The Kier molecular flexibility index (Phi) is 3.24. The van der Waals surface area contributed by atoms with E-state index in [0.717, 1.165) is 0 Å². The van der Waals surface area contributed by atoms with Crippen molar-refractivity contribution in [2.45, 2.75) is 0 Å². The molecule has 0 heterocycles. The summed E-state index contributed by atoms with van der Waals surface area (Å²) in [5.74, 6) is 0. The van der Waals surface area contributed by atoms with Gasteiger partial charge in [-0.15, -0.1) is 0 Å². The van der Waals surface area contributed by atoms with E-state index >= 15 is 0 Å². The third-order valence-electron chi connectivity index (χ3n) is 2.65. The highest BCUT2D eigenvalue weighted by molar-refractivity contribution is 6.07. The zero-order valence-corrected chi connectivity index (χ0v) is 9.12. The molecule has 3 rings (SSSR count). The molecule has 0 aromatic heterocycles. The van der Waals surface area contributed by atoms with Gasteiger partial charge < -0.3 is 11.1 Å². The molecule has 0 saturated heterocycles. The van der Waals surface area contributed by atoms with Crippen LogP contribution >= 0.6 is 0 Å². The molecule has 0 unspecified atom stereocenters. The molecule has 0 spiro atoms. The first-order chi connectivity index (χ1) is 8.36. The highest BCUT2D eigenvalue weighted by atomic mass is 15.0.